The van der Waals surface area contributed by atoms with E-state index in [1.165, 1.54) is 128 Å². The van der Waals surface area contributed by atoms with Crippen LogP contribution in [0.1, 0.15) is 128 Å². The molecule has 0 spiro atoms. The van der Waals surface area contributed by atoms with Crippen LogP contribution in [-0.4, -0.2) is 22.6 Å². The van der Waals surface area contributed by atoms with E-state index >= 15 is 0 Å². The summed E-state index contributed by atoms with van der Waals surface area (Å²) >= 11 is 2.43. The monoisotopic (exact) mass is 379 g/mol. The van der Waals surface area contributed by atoms with E-state index in [0.717, 1.165) is 22.6 Å². The molecule has 2 saturated carbocycles. The second kappa shape index (κ2) is 12.7. The first kappa shape index (κ1) is 21.0. The summed E-state index contributed by atoms with van der Waals surface area (Å²) in [5.41, 5.74) is 0. The molecule has 3 rings (SSSR count). The molecular weight excluding hydrogens is 334 g/mol. The van der Waals surface area contributed by atoms with Crippen molar-refractivity contribution in [3.05, 3.63) is 0 Å². The van der Waals surface area contributed by atoms with Crippen molar-refractivity contribution in [2.45, 2.75) is 151 Å². The van der Waals surface area contributed by atoms with Gasteiger partial charge in [0.05, 0.1) is 0 Å². The highest BCUT2D eigenvalue weighted by atomic mass is 32.2. The molecule has 0 aromatic carbocycles. The zero-order valence-electron chi connectivity index (χ0n) is 17.4. The first-order valence-corrected chi connectivity index (χ1v) is 13.3. The van der Waals surface area contributed by atoms with Gasteiger partial charge >= 0.3 is 0 Å². The predicted octanol–water partition coefficient (Wildman–Crippen LogP) is 7.63. The third-order valence-corrected chi connectivity index (χ3v) is 8.82. The van der Waals surface area contributed by atoms with Crippen LogP contribution < -0.4 is 5.32 Å². The minimum absolute atomic E-state index is 0.806. The van der Waals surface area contributed by atoms with E-state index < -0.39 is 0 Å². The summed E-state index contributed by atoms with van der Waals surface area (Å²) in [5, 5.41) is 6.09. The van der Waals surface area contributed by atoms with Crippen molar-refractivity contribution in [1.29, 1.82) is 0 Å². The standard InChI is InChI=1S/C24H45NS/c1-2-7-11-15-22-20-24(17-13-9-3-1)26-23-16-12-8-5-4-6-10-14-21(25-22)18-19-23/h21-25H,1-20H2. The van der Waals surface area contributed by atoms with Crippen molar-refractivity contribution in [1.82, 2.24) is 5.32 Å². The van der Waals surface area contributed by atoms with Gasteiger partial charge in [-0.25, -0.2) is 0 Å². The van der Waals surface area contributed by atoms with Crippen LogP contribution in [0.15, 0.2) is 0 Å². The van der Waals surface area contributed by atoms with E-state index in [0.29, 0.717) is 0 Å². The summed E-state index contributed by atoms with van der Waals surface area (Å²) in [7, 11) is 0. The van der Waals surface area contributed by atoms with Crippen LogP contribution in [0, 0.1) is 0 Å². The SMILES string of the molecule is C1CCCCC2CC(CCCC1)SC1CCCCCCCCC(CC1)N2. The molecule has 1 aliphatic heterocycles. The molecule has 1 saturated heterocycles. The molecule has 0 amide bonds. The lowest BCUT2D eigenvalue weighted by Gasteiger charge is -2.28. The number of hydrogen-bond donors (Lipinski definition) is 1. The van der Waals surface area contributed by atoms with Gasteiger partial charge in [0.15, 0.2) is 0 Å². The molecule has 4 unspecified atom stereocenters. The number of hydrogen-bond acceptors (Lipinski definition) is 2. The minimum atomic E-state index is 0.806. The van der Waals surface area contributed by atoms with Gasteiger partial charge in [-0.05, 0) is 44.9 Å². The molecule has 152 valence electrons. The van der Waals surface area contributed by atoms with E-state index in [9.17, 15) is 0 Å². The van der Waals surface area contributed by atoms with Crippen molar-refractivity contribution in [2.75, 3.05) is 0 Å². The van der Waals surface area contributed by atoms with Crippen LogP contribution in [0.3, 0.4) is 0 Å². The second-order valence-electron chi connectivity index (χ2n) is 9.50. The molecule has 2 heteroatoms. The third kappa shape index (κ3) is 8.13. The van der Waals surface area contributed by atoms with Gasteiger partial charge in [-0.1, -0.05) is 83.5 Å². The summed E-state index contributed by atoms with van der Waals surface area (Å²) in [5.74, 6) is 0. The highest BCUT2D eigenvalue weighted by Gasteiger charge is 2.26. The molecule has 1 N–H and O–H groups in total. The van der Waals surface area contributed by atoms with Gasteiger partial charge in [0, 0.05) is 22.6 Å². The normalized spacial score (nSPS) is 36.9. The first-order valence-electron chi connectivity index (χ1n) is 12.3. The molecule has 2 aliphatic carbocycles. The van der Waals surface area contributed by atoms with Gasteiger partial charge in [0.2, 0.25) is 0 Å². The van der Waals surface area contributed by atoms with Crippen LogP contribution in [0.5, 0.6) is 0 Å². The number of nitrogens with one attached hydrogen (secondary N) is 1. The van der Waals surface area contributed by atoms with E-state index in [2.05, 4.69) is 17.1 Å². The Kier molecular flexibility index (Phi) is 10.3. The van der Waals surface area contributed by atoms with Crippen molar-refractivity contribution in [3.63, 3.8) is 0 Å². The van der Waals surface area contributed by atoms with Crippen LogP contribution in [-0.2, 0) is 0 Å². The van der Waals surface area contributed by atoms with Crippen LogP contribution in [0.4, 0.5) is 0 Å². The van der Waals surface area contributed by atoms with Crippen LogP contribution >= 0.6 is 11.8 Å². The first-order chi connectivity index (χ1) is 12.9. The lowest BCUT2D eigenvalue weighted by Crippen LogP contribution is -2.39. The average Bonchev–Trinajstić information content (AvgIpc) is 2.69. The second-order valence-corrected chi connectivity index (χ2v) is 11.1. The average molecular weight is 380 g/mol. The lowest BCUT2D eigenvalue weighted by molar-refractivity contribution is 0.334. The van der Waals surface area contributed by atoms with E-state index in [4.69, 9.17) is 0 Å². The van der Waals surface area contributed by atoms with Gasteiger partial charge in [-0.3, -0.25) is 0 Å². The number of thioether (sulfide) groups is 1. The highest BCUT2D eigenvalue weighted by molar-refractivity contribution is 8.00. The zero-order valence-corrected chi connectivity index (χ0v) is 18.2. The molecule has 4 bridgehead atoms. The Hall–Kier alpha value is 0.310. The van der Waals surface area contributed by atoms with Crippen molar-refractivity contribution in [3.8, 4) is 0 Å². The lowest BCUT2D eigenvalue weighted by atomic mass is 9.94. The maximum atomic E-state index is 4.21. The summed E-state index contributed by atoms with van der Waals surface area (Å²) < 4.78 is 0. The third-order valence-electron chi connectivity index (χ3n) is 7.15. The summed E-state index contributed by atoms with van der Waals surface area (Å²) in [6.45, 7) is 0. The predicted molar refractivity (Wildman–Crippen MR) is 118 cm³/mol. The van der Waals surface area contributed by atoms with Gasteiger partial charge in [0.25, 0.3) is 0 Å². The van der Waals surface area contributed by atoms with Crippen LogP contribution in [0.2, 0.25) is 0 Å². The molecule has 1 heterocycles. The fourth-order valence-electron chi connectivity index (χ4n) is 5.53. The highest BCUT2D eigenvalue weighted by Crippen LogP contribution is 2.35. The molecule has 1 nitrogen and oxygen atoms in total. The van der Waals surface area contributed by atoms with Crippen molar-refractivity contribution in [2.24, 2.45) is 0 Å². The van der Waals surface area contributed by atoms with Crippen molar-refractivity contribution >= 4 is 11.8 Å². The molecule has 3 fully saturated rings. The molecular formula is C24H45NS. The maximum absolute atomic E-state index is 4.21. The minimum Gasteiger partial charge on any atom is -0.311 e. The van der Waals surface area contributed by atoms with Gasteiger partial charge in [-0.2, -0.15) is 11.8 Å². The van der Waals surface area contributed by atoms with E-state index in [1.807, 2.05) is 0 Å². The Bertz CT molecular complexity index is 326. The topological polar surface area (TPSA) is 12.0 Å². The molecule has 4 atom stereocenters. The summed E-state index contributed by atoms with van der Waals surface area (Å²) in [4.78, 5) is 0. The molecule has 0 aromatic heterocycles. The molecule has 0 radical (unpaired) electrons. The van der Waals surface area contributed by atoms with Gasteiger partial charge in [-0.15, -0.1) is 0 Å². The molecule has 0 aromatic rings. The fourth-order valence-corrected chi connectivity index (χ4v) is 7.29. The van der Waals surface area contributed by atoms with E-state index in [1.54, 1.807) is 0 Å². The maximum Gasteiger partial charge on any atom is 0.00801 e. The smallest absolute Gasteiger partial charge is 0.00801 e. The Morgan fingerprint density at radius 2 is 0.923 bits per heavy atom. The number of rotatable bonds is 0. The van der Waals surface area contributed by atoms with Gasteiger partial charge in [0.1, 0.15) is 0 Å². The van der Waals surface area contributed by atoms with E-state index in [-0.39, 0.29) is 0 Å². The van der Waals surface area contributed by atoms with Crippen LogP contribution in [0.25, 0.3) is 0 Å². The Labute approximate surface area is 168 Å². The fraction of sp³-hybridized carbons (Fsp3) is 1.00. The zero-order chi connectivity index (χ0) is 17.9. The Morgan fingerprint density at radius 1 is 0.423 bits per heavy atom. The van der Waals surface area contributed by atoms with Gasteiger partial charge < -0.3 is 5.32 Å². The largest absolute Gasteiger partial charge is 0.311 e. The summed E-state index contributed by atoms with van der Waals surface area (Å²) in [6, 6.07) is 1.62. The molecule has 26 heavy (non-hydrogen) atoms. The molecule has 3 aliphatic rings. The number of fused-ring (bicyclic) bond motifs is 5. The Morgan fingerprint density at radius 3 is 1.58 bits per heavy atom. The summed E-state index contributed by atoms with van der Waals surface area (Å²) in [6.07, 6.45) is 29.5. The quantitative estimate of drug-likeness (QED) is 0.464. The van der Waals surface area contributed by atoms with Crippen molar-refractivity contribution < 1.29 is 0 Å². The Balaban J connectivity index is 1.67.